The molecule has 0 bridgehead atoms. The molecule has 3 aromatic rings. The minimum Gasteiger partial charge on any atom is -0.497 e. The lowest BCUT2D eigenvalue weighted by molar-refractivity contribution is 0.0949. The van der Waals surface area contributed by atoms with Gasteiger partial charge in [-0.1, -0.05) is 25.5 Å². The van der Waals surface area contributed by atoms with Gasteiger partial charge in [0.05, 0.1) is 21.3 Å². The highest BCUT2D eigenvalue weighted by Gasteiger charge is 2.21. The van der Waals surface area contributed by atoms with Gasteiger partial charge in [-0.15, -0.1) is 0 Å². The van der Waals surface area contributed by atoms with Crippen LogP contribution in [0.15, 0.2) is 48.7 Å². The van der Waals surface area contributed by atoms with Crippen LogP contribution in [0.3, 0.4) is 0 Å². The lowest BCUT2D eigenvalue weighted by Crippen LogP contribution is -2.25. The van der Waals surface area contributed by atoms with E-state index in [0.29, 0.717) is 23.7 Å². The third-order valence-corrected chi connectivity index (χ3v) is 4.96. The molecule has 0 saturated carbocycles. The molecule has 0 atom stereocenters. The molecule has 30 heavy (non-hydrogen) atoms. The monoisotopic (exact) mass is 408 g/mol. The van der Waals surface area contributed by atoms with E-state index < -0.39 is 0 Å². The average molecular weight is 408 g/mol. The molecular formula is C24H28N2O4. The summed E-state index contributed by atoms with van der Waals surface area (Å²) < 4.78 is 16.2. The largest absolute Gasteiger partial charge is 0.497 e. The summed E-state index contributed by atoms with van der Waals surface area (Å²) in [6, 6.07) is 13.4. The Morgan fingerprint density at radius 1 is 0.900 bits per heavy atom. The Labute approximate surface area is 177 Å². The molecule has 1 amide bonds. The van der Waals surface area contributed by atoms with Gasteiger partial charge >= 0.3 is 0 Å². The van der Waals surface area contributed by atoms with E-state index in [0.717, 1.165) is 40.8 Å². The number of methoxy groups -OCH3 is 3. The summed E-state index contributed by atoms with van der Waals surface area (Å²) in [4.78, 5) is 16.1. The number of rotatable bonds is 9. The zero-order valence-electron chi connectivity index (χ0n) is 17.9. The second-order valence-electron chi connectivity index (χ2n) is 6.89. The van der Waals surface area contributed by atoms with E-state index in [-0.39, 0.29) is 5.91 Å². The summed E-state index contributed by atoms with van der Waals surface area (Å²) in [5, 5.41) is 3.00. The maximum absolute atomic E-state index is 12.9. The molecule has 0 radical (unpaired) electrons. The summed E-state index contributed by atoms with van der Waals surface area (Å²) in [5.41, 5.74) is 4.02. The van der Waals surface area contributed by atoms with Crippen molar-refractivity contribution in [2.24, 2.45) is 0 Å². The van der Waals surface area contributed by atoms with E-state index in [4.69, 9.17) is 14.2 Å². The third-order valence-electron chi connectivity index (χ3n) is 4.96. The number of benzene rings is 2. The Balaban J connectivity index is 2.13. The van der Waals surface area contributed by atoms with Gasteiger partial charge in [-0.25, -0.2) is 0 Å². The van der Waals surface area contributed by atoms with Gasteiger partial charge in [0, 0.05) is 29.9 Å². The Morgan fingerprint density at radius 3 is 2.10 bits per heavy atom. The molecule has 6 heteroatoms. The minimum atomic E-state index is -0.139. The molecule has 2 aromatic carbocycles. The SMILES string of the molecule is CCCCNC(=O)c1[nH]cc(-c2ccc(OC)cc2)c1-c1cc(OC)cc(OC)c1. The van der Waals surface area contributed by atoms with Crippen LogP contribution in [0.2, 0.25) is 0 Å². The molecule has 0 aliphatic heterocycles. The number of amides is 1. The lowest BCUT2D eigenvalue weighted by atomic mass is 9.96. The summed E-state index contributed by atoms with van der Waals surface area (Å²) in [6.07, 6.45) is 3.81. The van der Waals surface area contributed by atoms with Crippen molar-refractivity contribution in [3.63, 3.8) is 0 Å². The molecule has 0 unspecified atom stereocenters. The van der Waals surface area contributed by atoms with Crippen LogP contribution in [0.4, 0.5) is 0 Å². The number of carbonyl (C=O) groups is 1. The first kappa shape index (κ1) is 21.3. The predicted octanol–water partition coefficient (Wildman–Crippen LogP) is 4.90. The summed E-state index contributed by atoms with van der Waals surface area (Å²) in [5.74, 6) is 1.95. The van der Waals surface area contributed by atoms with Crippen LogP contribution in [-0.2, 0) is 0 Å². The molecule has 1 aromatic heterocycles. The second-order valence-corrected chi connectivity index (χ2v) is 6.89. The normalized spacial score (nSPS) is 10.5. The van der Waals surface area contributed by atoms with E-state index >= 15 is 0 Å². The first-order chi connectivity index (χ1) is 14.6. The van der Waals surface area contributed by atoms with E-state index in [1.165, 1.54) is 0 Å². The van der Waals surface area contributed by atoms with E-state index in [1.54, 1.807) is 21.3 Å². The Kier molecular flexibility index (Phi) is 7.01. The number of aromatic nitrogens is 1. The van der Waals surface area contributed by atoms with Crippen molar-refractivity contribution in [2.45, 2.75) is 19.8 Å². The van der Waals surface area contributed by atoms with Gasteiger partial charge in [-0.3, -0.25) is 4.79 Å². The van der Waals surface area contributed by atoms with Gasteiger partial charge in [-0.05, 0) is 41.8 Å². The lowest BCUT2D eigenvalue weighted by Gasteiger charge is -2.12. The van der Waals surface area contributed by atoms with Crippen molar-refractivity contribution < 1.29 is 19.0 Å². The molecule has 0 fully saturated rings. The van der Waals surface area contributed by atoms with E-state index in [1.807, 2.05) is 48.7 Å². The highest BCUT2D eigenvalue weighted by Crippen LogP contribution is 2.39. The predicted molar refractivity (Wildman–Crippen MR) is 119 cm³/mol. The molecule has 0 spiro atoms. The van der Waals surface area contributed by atoms with Crippen LogP contribution in [0.1, 0.15) is 30.3 Å². The fraction of sp³-hybridized carbons (Fsp3) is 0.292. The fourth-order valence-electron chi connectivity index (χ4n) is 3.32. The highest BCUT2D eigenvalue weighted by atomic mass is 16.5. The molecule has 158 valence electrons. The van der Waals surface area contributed by atoms with Crippen molar-refractivity contribution >= 4 is 5.91 Å². The van der Waals surface area contributed by atoms with Crippen LogP contribution < -0.4 is 19.5 Å². The van der Waals surface area contributed by atoms with Crippen molar-refractivity contribution in [3.05, 3.63) is 54.4 Å². The number of aromatic amines is 1. The molecule has 0 aliphatic carbocycles. The third kappa shape index (κ3) is 4.59. The number of unbranched alkanes of at least 4 members (excludes halogenated alkanes) is 1. The first-order valence-corrected chi connectivity index (χ1v) is 9.98. The number of ether oxygens (including phenoxy) is 3. The highest BCUT2D eigenvalue weighted by molar-refractivity contribution is 6.04. The quantitative estimate of drug-likeness (QED) is 0.494. The molecule has 1 heterocycles. The summed E-state index contributed by atoms with van der Waals surface area (Å²) in [7, 11) is 4.86. The molecule has 2 N–H and O–H groups in total. The number of nitrogens with one attached hydrogen (secondary N) is 2. The van der Waals surface area contributed by atoms with Crippen molar-refractivity contribution in [2.75, 3.05) is 27.9 Å². The summed E-state index contributed by atoms with van der Waals surface area (Å²) in [6.45, 7) is 2.73. The van der Waals surface area contributed by atoms with E-state index in [9.17, 15) is 4.79 Å². The molecule has 0 aliphatic rings. The molecule has 3 rings (SSSR count). The second kappa shape index (κ2) is 9.87. The van der Waals surface area contributed by atoms with Gasteiger partial charge < -0.3 is 24.5 Å². The van der Waals surface area contributed by atoms with Crippen LogP contribution in [-0.4, -0.2) is 38.8 Å². The van der Waals surface area contributed by atoms with Crippen molar-refractivity contribution in [1.82, 2.24) is 10.3 Å². The minimum absolute atomic E-state index is 0.139. The number of H-pyrrole nitrogens is 1. The van der Waals surface area contributed by atoms with Gasteiger partial charge in [0.1, 0.15) is 22.9 Å². The number of hydrogen-bond acceptors (Lipinski definition) is 4. The van der Waals surface area contributed by atoms with Crippen LogP contribution in [0.5, 0.6) is 17.2 Å². The van der Waals surface area contributed by atoms with Crippen LogP contribution >= 0.6 is 0 Å². The summed E-state index contributed by atoms with van der Waals surface area (Å²) >= 11 is 0. The van der Waals surface area contributed by atoms with Gasteiger partial charge in [0.2, 0.25) is 0 Å². The van der Waals surface area contributed by atoms with Crippen molar-refractivity contribution in [3.8, 4) is 39.5 Å². The van der Waals surface area contributed by atoms with Crippen LogP contribution in [0, 0.1) is 0 Å². The van der Waals surface area contributed by atoms with Gasteiger partial charge in [-0.2, -0.15) is 0 Å². The van der Waals surface area contributed by atoms with Gasteiger partial charge in [0.15, 0.2) is 0 Å². The van der Waals surface area contributed by atoms with Crippen molar-refractivity contribution in [1.29, 1.82) is 0 Å². The zero-order valence-corrected chi connectivity index (χ0v) is 17.9. The molecule has 0 saturated heterocycles. The van der Waals surface area contributed by atoms with Crippen LogP contribution in [0.25, 0.3) is 22.3 Å². The topological polar surface area (TPSA) is 72.6 Å². The van der Waals surface area contributed by atoms with E-state index in [2.05, 4.69) is 17.2 Å². The Morgan fingerprint density at radius 2 is 1.53 bits per heavy atom. The number of carbonyl (C=O) groups excluding carboxylic acids is 1. The maximum Gasteiger partial charge on any atom is 0.268 e. The Bertz CT molecular complexity index is 971. The molecule has 6 nitrogen and oxygen atoms in total. The van der Waals surface area contributed by atoms with Gasteiger partial charge in [0.25, 0.3) is 5.91 Å². The number of hydrogen-bond donors (Lipinski definition) is 2. The standard InChI is InChI=1S/C24H28N2O4/c1-5-6-11-25-24(27)23-22(17-12-19(29-3)14-20(13-17)30-4)21(15-26-23)16-7-9-18(28-2)10-8-16/h7-10,12-15,26H,5-6,11H2,1-4H3,(H,25,27). The first-order valence-electron chi connectivity index (χ1n) is 9.98. The Hall–Kier alpha value is -3.41. The smallest absolute Gasteiger partial charge is 0.268 e. The molecular weight excluding hydrogens is 380 g/mol. The maximum atomic E-state index is 12.9. The zero-order chi connectivity index (χ0) is 21.5. The average Bonchev–Trinajstić information content (AvgIpc) is 3.24. The fourth-order valence-corrected chi connectivity index (χ4v) is 3.32.